The highest BCUT2D eigenvalue weighted by Gasteiger charge is 2.12. The molecular weight excluding hydrogens is 351 g/mol. The molecule has 0 saturated heterocycles. The number of carbonyl (C=O) groups excluding carboxylic acids is 1. The van der Waals surface area contributed by atoms with Gasteiger partial charge in [-0.25, -0.2) is 14.1 Å². The molecule has 0 saturated carbocycles. The van der Waals surface area contributed by atoms with Crippen molar-refractivity contribution in [1.82, 2.24) is 14.8 Å². The van der Waals surface area contributed by atoms with Gasteiger partial charge in [0.15, 0.2) is 0 Å². The minimum absolute atomic E-state index is 0.279. The Morgan fingerprint density at radius 2 is 2.04 bits per heavy atom. The molecule has 8 heteroatoms. The first-order chi connectivity index (χ1) is 13.0. The quantitative estimate of drug-likeness (QED) is 0.747. The topological polar surface area (TPSA) is 86.1 Å². The van der Waals surface area contributed by atoms with E-state index in [0.29, 0.717) is 17.1 Å². The molecule has 0 bridgehead atoms. The predicted octanol–water partition coefficient (Wildman–Crippen LogP) is 2.40. The van der Waals surface area contributed by atoms with E-state index >= 15 is 0 Å². The van der Waals surface area contributed by atoms with Crippen LogP contribution < -0.4 is 15.6 Å². The molecule has 3 aromatic rings. The Hall–Kier alpha value is -3.55. The normalized spacial score (nSPS) is 10.5. The van der Waals surface area contributed by atoms with Crippen molar-refractivity contribution >= 4 is 11.7 Å². The number of pyridine rings is 1. The SMILES string of the molecule is COc1cc(F)ccc1-c1ccc(=O)n(CC(=O)Nc2cccc(C)n2)n1. The molecular formula is C19H17FN4O3. The van der Waals surface area contributed by atoms with Crippen molar-refractivity contribution in [2.24, 2.45) is 0 Å². The van der Waals surface area contributed by atoms with Gasteiger partial charge in [-0.2, -0.15) is 5.10 Å². The number of hydrogen-bond acceptors (Lipinski definition) is 5. The van der Waals surface area contributed by atoms with Crippen LogP contribution in [0.5, 0.6) is 5.75 Å². The van der Waals surface area contributed by atoms with E-state index in [-0.39, 0.29) is 12.3 Å². The number of ether oxygens (including phenoxy) is 1. The average Bonchev–Trinajstić information content (AvgIpc) is 2.63. The van der Waals surface area contributed by atoms with Gasteiger partial charge in [0.1, 0.15) is 23.9 Å². The Balaban J connectivity index is 1.86. The van der Waals surface area contributed by atoms with Crippen molar-refractivity contribution in [2.45, 2.75) is 13.5 Å². The third-order valence-electron chi connectivity index (χ3n) is 3.76. The highest BCUT2D eigenvalue weighted by molar-refractivity contribution is 5.89. The van der Waals surface area contributed by atoms with E-state index in [1.165, 1.54) is 37.4 Å². The van der Waals surface area contributed by atoms with Crippen molar-refractivity contribution in [3.05, 3.63) is 70.4 Å². The number of amides is 1. The highest BCUT2D eigenvalue weighted by atomic mass is 19.1. The van der Waals surface area contributed by atoms with Crippen LogP contribution in [0.15, 0.2) is 53.3 Å². The third kappa shape index (κ3) is 4.35. The first-order valence-electron chi connectivity index (χ1n) is 8.12. The number of nitrogens with zero attached hydrogens (tertiary/aromatic N) is 3. The Bertz CT molecular complexity index is 1050. The average molecular weight is 368 g/mol. The molecule has 0 aliphatic carbocycles. The standard InChI is InChI=1S/C19H17FN4O3/c1-12-4-3-5-17(21-12)22-18(25)11-24-19(26)9-8-15(23-24)14-7-6-13(20)10-16(14)27-2/h3-10H,11H2,1-2H3,(H,21,22,25). The second kappa shape index (κ2) is 7.77. The lowest BCUT2D eigenvalue weighted by Crippen LogP contribution is -2.29. The summed E-state index contributed by atoms with van der Waals surface area (Å²) in [5.41, 5.74) is 1.21. The van der Waals surface area contributed by atoms with Crippen LogP contribution in [0.3, 0.4) is 0 Å². The maximum Gasteiger partial charge on any atom is 0.267 e. The summed E-state index contributed by atoms with van der Waals surface area (Å²) in [5, 5.41) is 6.82. The maximum atomic E-state index is 13.4. The molecule has 2 aromatic heterocycles. The second-order valence-corrected chi connectivity index (χ2v) is 5.77. The molecule has 0 fully saturated rings. The molecule has 1 aromatic carbocycles. The zero-order valence-corrected chi connectivity index (χ0v) is 14.8. The van der Waals surface area contributed by atoms with Crippen LogP contribution in [0.2, 0.25) is 0 Å². The van der Waals surface area contributed by atoms with Crippen LogP contribution in [0.4, 0.5) is 10.2 Å². The fourth-order valence-corrected chi connectivity index (χ4v) is 2.51. The maximum absolute atomic E-state index is 13.4. The monoisotopic (exact) mass is 368 g/mol. The van der Waals surface area contributed by atoms with Gasteiger partial charge in [0.25, 0.3) is 5.56 Å². The molecule has 0 radical (unpaired) electrons. The van der Waals surface area contributed by atoms with Crippen LogP contribution >= 0.6 is 0 Å². The summed E-state index contributed by atoms with van der Waals surface area (Å²) in [6.45, 7) is 1.52. The number of benzene rings is 1. The van der Waals surface area contributed by atoms with Crippen molar-refractivity contribution in [1.29, 1.82) is 0 Å². The van der Waals surface area contributed by atoms with E-state index in [4.69, 9.17) is 4.74 Å². The third-order valence-corrected chi connectivity index (χ3v) is 3.76. The van der Waals surface area contributed by atoms with Crippen LogP contribution in [0.25, 0.3) is 11.3 Å². The first-order valence-corrected chi connectivity index (χ1v) is 8.12. The number of carbonyl (C=O) groups is 1. The largest absolute Gasteiger partial charge is 0.496 e. The zero-order chi connectivity index (χ0) is 19.4. The molecule has 0 spiro atoms. The Morgan fingerprint density at radius 3 is 2.78 bits per heavy atom. The number of aromatic nitrogens is 3. The molecule has 1 N–H and O–H groups in total. The fourth-order valence-electron chi connectivity index (χ4n) is 2.51. The highest BCUT2D eigenvalue weighted by Crippen LogP contribution is 2.28. The molecule has 7 nitrogen and oxygen atoms in total. The molecule has 0 unspecified atom stereocenters. The number of rotatable bonds is 5. The van der Waals surface area contributed by atoms with Gasteiger partial charge in [-0.1, -0.05) is 6.07 Å². The summed E-state index contributed by atoms with van der Waals surface area (Å²) in [4.78, 5) is 28.5. The molecule has 0 aliphatic heterocycles. The smallest absolute Gasteiger partial charge is 0.267 e. The molecule has 0 aliphatic rings. The fraction of sp³-hybridized carbons (Fsp3) is 0.158. The summed E-state index contributed by atoms with van der Waals surface area (Å²) in [5.74, 6) is -0.217. The van der Waals surface area contributed by atoms with E-state index in [9.17, 15) is 14.0 Å². The Kier molecular flexibility index (Phi) is 5.25. The number of aryl methyl sites for hydroxylation is 1. The van der Waals surface area contributed by atoms with Crippen LogP contribution in [0, 0.1) is 12.7 Å². The zero-order valence-electron chi connectivity index (χ0n) is 14.8. The second-order valence-electron chi connectivity index (χ2n) is 5.77. The minimum Gasteiger partial charge on any atom is -0.496 e. The van der Waals surface area contributed by atoms with Gasteiger partial charge < -0.3 is 10.1 Å². The molecule has 3 rings (SSSR count). The van der Waals surface area contributed by atoms with E-state index in [2.05, 4.69) is 15.4 Å². The number of nitrogens with one attached hydrogen (secondary N) is 1. The number of halogens is 1. The number of anilines is 1. The van der Waals surface area contributed by atoms with Gasteiger partial charge in [-0.05, 0) is 37.3 Å². The number of hydrogen-bond donors (Lipinski definition) is 1. The first kappa shape index (κ1) is 18.2. The van der Waals surface area contributed by atoms with E-state index in [1.54, 1.807) is 25.1 Å². The Labute approximate surface area is 154 Å². The van der Waals surface area contributed by atoms with Crippen LogP contribution in [-0.4, -0.2) is 27.8 Å². The van der Waals surface area contributed by atoms with Crippen LogP contribution in [-0.2, 0) is 11.3 Å². The summed E-state index contributed by atoms with van der Waals surface area (Å²) in [6, 6.07) is 12.0. The molecule has 0 atom stereocenters. The van der Waals surface area contributed by atoms with E-state index < -0.39 is 17.3 Å². The minimum atomic E-state index is -0.450. The summed E-state index contributed by atoms with van der Waals surface area (Å²) < 4.78 is 19.6. The van der Waals surface area contributed by atoms with E-state index in [0.717, 1.165) is 10.4 Å². The van der Waals surface area contributed by atoms with Gasteiger partial charge >= 0.3 is 0 Å². The van der Waals surface area contributed by atoms with Gasteiger partial charge in [-0.15, -0.1) is 0 Å². The van der Waals surface area contributed by atoms with Gasteiger partial charge in [-0.3, -0.25) is 9.59 Å². The van der Waals surface area contributed by atoms with E-state index in [1.807, 2.05) is 0 Å². The van der Waals surface area contributed by atoms with Crippen molar-refractivity contribution in [2.75, 3.05) is 12.4 Å². The molecule has 1 amide bonds. The lowest BCUT2D eigenvalue weighted by molar-refractivity contribution is -0.117. The van der Waals surface area contributed by atoms with Gasteiger partial charge in [0.2, 0.25) is 5.91 Å². The van der Waals surface area contributed by atoms with Crippen molar-refractivity contribution < 1.29 is 13.9 Å². The molecule has 2 heterocycles. The lowest BCUT2D eigenvalue weighted by Gasteiger charge is -2.10. The summed E-state index contributed by atoms with van der Waals surface area (Å²) in [7, 11) is 1.41. The summed E-state index contributed by atoms with van der Waals surface area (Å²) >= 11 is 0. The summed E-state index contributed by atoms with van der Waals surface area (Å²) in [6.07, 6.45) is 0. The molecule has 27 heavy (non-hydrogen) atoms. The van der Waals surface area contributed by atoms with Crippen molar-refractivity contribution in [3.8, 4) is 17.0 Å². The Morgan fingerprint density at radius 1 is 1.22 bits per heavy atom. The molecule has 138 valence electrons. The van der Waals surface area contributed by atoms with Crippen molar-refractivity contribution in [3.63, 3.8) is 0 Å². The predicted molar refractivity (Wildman–Crippen MR) is 98.0 cm³/mol. The number of methoxy groups -OCH3 is 1. The van der Waals surface area contributed by atoms with Gasteiger partial charge in [0.05, 0.1) is 12.8 Å². The van der Waals surface area contributed by atoms with Crippen LogP contribution in [0.1, 0.15) is 5.69 Å². The van der Waals surface area contributed by atoms with Gasteiger partial charge in [0, 0.05) is 23.4 Å². The lowest BCUT2D eigenvalue weighted by atomic mass is 10.1.